The zero-order valence-electron chi connectivity index (χ0n) is 22.0. The zero-order valence-corrected chi connectivity index (χ0v) is 22.0. The Kier molecular flexibility index (Phi) is 4.31. The highest BCUT2D eigenvalue weighted by atomic mass is 16.5. The molecule has 5 aliphatic carbocycles. The fourth-order valence-electron chi connectivity index (χ4n) is 11.8. The van der Waals surface area contributed by atoms with Crippen molar-refractivity contribution in [3.8, 4) is 0 Å². The molecule has 2 bridgehead atoms. The van der Waals surface area contributed by atoms with E-state index in [1.54, 1.807) is 0 Å². The molecule has 9 atom stereocenters. The summed E-state index contributed by atoms with van der Waals surface area (Å²) < 4.78 is 6.70. The van der Waals surface area contributed by atoms with Gasteiger partial charge in [-0.25, -0.2) is 0 Å². The number of Topliss-reactive ketones (excluding diaryl/α,β-unsaturated/α-hetero) is 1. The predicted octanol–water partition coefficient (Wildman–Crippen LogP) is 7.45. The Labute approximate surface area is 197 Å². The summed E-state index contributed by atoms with van der Waals surface area (Å²) in [5, 5.41) is 0. The Balaban J connectivity index is 1.40. The molecule has 6 rings (SSSR count). The molecule has 0 unspecified atom stereocenters. The van der Waals surface area contributed by atoms with Gasteiger partial charge in [-0.1, -0.05) is 48.5 Å². The van der Waals surface area contributed by atoms with Crippen LogP contribution < -0.4 is 0 Å². The van der Waals surface area contributed by atoms with Gasteiger partial charge < -0.3 is 4.74 Å². The first kappa shape index (κ1) is 22.1. The smallest absolute Gasteiger partial charge is 0.138 e. The summed E-state index contributed by atoms with van der Waals surface area (Å²) in [7, 11) is 0. The van der Waals surface area contributed by atoms with Crippen LogP contribution in [0.2, 0.25) is 0 Å². The average Bonchev–Trinajstić information content (AvgIpc) is 3.05. The van der Waals surface area contributed by atoms with E-state index in [2.05, 4.69) is 48.5 Å². The first-order valence-electron chi connectivity index (χ1n) is 14.0. The van der Waals surface area contributed by atoms with Crippen LogP contribution in [0.4, 0.5) is 0 Å². The standard InChI is InChI=1S/C30H48O2/c1-25(2)14-16-30-17-15-28(6)19(23(30)24(25)32-18-30)8-9-21-27(5)12-11-22(31)26(3,4)20(27)10-13-29(21,28)7/h19-21,23-24H,8-18H2,1-7H3/t19-,20+,21+,23-,24+,27+,28-,29+,30+/m1/s1. The lowest BCUT2D eigenvalue weighted by atomic mass is 9.31. The Hall–Kier alpha value is -0.370. The predicted molar refractivity (Wildman–Crippen MR) is 129 cm³/mol. The van der Waals surface area contributed by atoms with E-state index in [1.165, 1.54) is 51.4 Å². The van der Waals surface area contributed by atoms with Gasteiger partial charge in [0.1, 0.15) is 5.78 Å². The van der Waals surface area contributed by atoms with Crippen LogP contribution in [0.3, 0.4) is 0 Å². The zero-order chi connectivity index (χ0) is 22.9. The molecule has 6 fully saturated rings. The van der Waals surface area contributed by atoms with E-state index in [-0.39, 0.29) is 5.41 Å². The van der Waals surface area contributed by atoms with Crippen LogP contribution in [0, 0.1) is 56.2 Å². The van der Waals surface area contributed by atoms with Gasteiger partial charge in [0.05, 0.1) is 12.7 Å². The quantitative estimate of drug-likeness (QED) is 0.391. The largest absolute Gasteiger partial charge is 0.377 e. The third-order valence-electron chi connectivity index (χ3n) is 13.9. The van der Waals surface area contributed by atoms with Crippen LogP contribution in [-0.4, -0.2) is 18.5 Å². The Morgan fingerprint density at radius 3 is 2.22 bits per heavy atom. The minimum atomic E-state index is -0.136. The van der Waals surface area contributed by atoms with Crippen LogP contribution in [0.5, 0.6) is 0 Å². The van der Waals surface area contributed by atoms with Crippen molar-refractivity contribution < 1.29 is 9.53 Å². The number of rotatable bonds is 0. The van der Waals surface area contributed by atoms with Gasteiger partial charge in [0.25, 0.3) is 0 Å². The van der Waals surface area contributed by atoms with Crippen LogP contribution in [-0.2, 0) is 9.53 Å². The summed E-state index contributed by atoms with van der Waals surface area (Å²) in [4.78, 5) is 12.9. The molecule has 0 radical (unpaired) electrons. The van der Waals surface area contributed by atoms with Crippen molar-refractivity contribution in [2.45, 2.75) is 119 Å². The van der Waals surface area contributed by atoms with Crippen LogP contribution in [0.15, 0.2) is 0 Å². The van der Waals surface area contributed by atoms with E-state index >= 15 is 0 Å². The first-order chi connectivity index (χ1) is 14.8. The maximum Gasteiger partial charge on any atom is 0.138 e. The average molecular weight is 441 g/mol. The van der Waals surface area contributed by atoms with E-state index in [9.17, 15) is 4.79 Å². The number of ether oxygens (including phenoxy) is 1. The number of hydrogen-bond donors (Lipinski definition) is 0. The molecule has 2 heteroatoms. The van der Waals surface area contributed by atoms with E-state index in [4.69, 9.17) is 4.74 Å². The molecule has 6 aliphatic rings. The molecule has 1 saturated heterocycles. The molecule has 0 N–H and O–H groups in total. The molecule has 0 aromatic heterocycles. The monoisotopic (exact) mass is 440 g/mol. The maximum absolute atomic E-state index is 12.9. The molecular formula is C30H48O2. The number of ketones is 1. The van der Waals surface area contributed by atoms with Gasteiger partial charge in [0, 0.05) is 11.8 Å². The van der Waals surface area contributed by atoms with Gasteiger partial charge in [0.2, 0.25) is 0 Å². The molecule has 5 saturated carbocycles. The van der Waals surface area contributed by atoms with Gasteiger partial charge in [-0.3, -0.25) is 4.79 Å². The Morgan fingerprint density at radius 1 is 0.750 bits per heavy atom. The molecule has 1 aliphatic heterocycles. The molecule has 0 aromatic rings. The Morgan fingerprint density at radius 2 is 1.47 bits per heavy atom. The molecular weight excluding hydrogens is 392 g/mol. The van der Waals surface area contributed by atoms with Gasteiger partial charge in [-0.2, -0.15) is 0 Å². The van der Waals surface area contributed by atoms with E-state index in [0.717, 1.165) is 37.2 Å². The number of carbonyl (C=O) groups is 1. The highest BCUT2D eigenvalue weighted by Crippen LogP contribution is 2.77. The second-order valence-electron chi connectivity index (χ2n) is 15.4. The minimum Gasteiger partial charge on any atom is -0.377 e. The molecule has 1 heterocycles. The van der Waals surface area contributed by atoms with Crippen LogP contribution in [0.1, 0.15) is 113 Å². The van der Waals surface area contributed by atoms with Crippen molar-refractivity contribution in [1.29, 1.82) is 0 Å². The molecule has 2 nitrogen and oxygen atoms in total. The Bertz CT molecular complexity index is 842. The van der Waals surface area contributed by atoms with E-state index in [1.807, 2.05) is 0 Å². The third-order valence-corrected chi connectivity index (χ3v) is 13.9. The lowest BCUT2D eigenvalue weighted by Gasteiger charge is -2.72. The number of fused-ring (bicyclic) bond motifs is 5. The van der Waals surface area contributed by atoms with Crippen LogP contribution in [0.25, 0.3) is 0 Å². The maximum atomic E-state index is 12.9. The van der Waals surface area contributed by atoms with Gasteiger partial charge in [-0.05, 0) is 109 Å². The molecule has 0 aromatic carbocycles. The first-order valence-corrected chi connectivity index (χ1v) is 14.0. The van der Waals surface area contributed by atoms with Crippen molar-refractivity contribution in [3.63, 3.8) is 0 Å². The van der Waals surface area contributed by atoms with Crippen LogP contribution >= 0.6 is 0 Å². The van der Waals surface area contributed by atoms with E-state index < -0.39 is 0 Å². The highest BCUT2D eigenvalue weighted by molar-refractivity contribution is 5.85. The van der Waals surface area contributed by atoms with Crippen molar-refractivity contribution in [2.24, 2.45) is 56.2 Å². The molecule has 0 amide bonds. The second-order valence-corrected chi connectivity index (χ2v) is 15.4. The number of carbonyl (C=O) groups excluding carboxylic acids is 1. The topological polar surface area (TPSA) is 26.3 Å². The van der Waals surface area contributed by atoms with Gasteiger partial charge >= 0.3 is 0 Å². The third kappa shape index (κ3) is 2.35. The summed E-state index contributed by atoms with van der Waals surface area (Å²) in [6.45, 7) is 18.6. The van der Waals surface area contributed by atoms with E-state index in [0.29, 0.717) is 44.9 Å². The minimum absolute atomic E-state index is 0.136. The second kappa shape index (κ2) is 6.24. The SMILES string of the molecule is CC1(C)CC[C@@]23CC[C@]4(C)[C@H](CC[C@H]5[C@@]6(C)CCC(=O)C(C)(C)[C@@H]6CC[C@@]54C)[C@@H]2[C@@H]1OC3. The van der Waals surface area contributed by atoms with Gasteiger partial charge in [0.15, 0.2) is 0 Å². The fraction of sp³-hybridized carbons (Fsp3) is 0.967. The van der Waals surface area contributed by atoms with Crippen molar-refractivity contribution in [2.75, 3.05) is 6.61 Å². The van der Waals surface area contributed by atoms with Crippen molar-refractivity contribution in [1.82, 2.24) is 0 Å². The molecule has 180 valence electrons. The van der Waals surface area contributed by atoms with Crippen molar-refractivity contribution >= 4 is 5.78 Å². The summed E-state index contributed by atoms with van der Waals surface area (Å²) in [6, 6.07) is 0. The van der Waals surface area contributed by atoms with Crippen molar-refractivity contribution in [3.05, 3.63) is 0 Å². The molecule has 32 heavy (non-hydrogen) atoms. The summed E-state index contributed by atoms with van der Waals surface area (Å²) in [5.41, 5.74) is 1.83. The van der Waals surface area contributed by atoms with Gasteiger partial charge in [-0.15, -0.1) is 0 Å². The summed E-state index contributed by atoms with van der Waals surface area (Å²) in [5.74, 6) is 3.46. The lowest BCUT2D eigenvalue weighted by Crippen LogP contribution is -2.67. The highest BCUT2D eigenvalue weighted by Gasteiger charge is 2.72. The summed E-state index contributed by atoms with van der Waals surface area (Å²) in [6.07, 6.45) is 13.3. The summed E-state index contributed by atoms with van der Waals surface area (Å²) >= 11 is 0. The number of hydrogen-bond acceptors (Lipinski definition) is 2. The normalized spacial score (nSPS) is 57.7. The molecule has 0 spiro atoms. The lowest BCUT2D eigenvalue weighted by molar-refractivity contribution is -0.239. The fourth-order valence-corrected chi connectivity index (χ4v) is 11.8.